The largest absolute Gasteiger partial charge is 0.508 e. The highest BCUT2D eigenvalue weighted by atomic mass is 32.2. The van der Waals surface area contributed by atoms with Gasteiger partial charge in [-0.05, 0) is 29.8 Å². The summed E-state index contributed by atoms with van der Waals surface area (Å²) in [5.74, 6) is -2.05. The summed E-state index contributed by atoms with van der Waals surface area (Å²) in [6.45, 7) is 0. The topological polar surface area (TPSA) is 105 Å². The van der Waals surface area contributed by atoms with Crippen LogP contribution in [0.4, 0.5) is 0 Å². The van der Waals surface area contributed by atoms with Crippen molar-refractivity contribution in [1.82, 2.24) is 0 Å². The molecule has 0 aliphatic carbocycles. The van der Waals surface area contributed by atoms with Crippen molar-refractivity contribution in [3.8, 4) is 5.75 Å². The molecule has 0 spiro atoms. The zero-order valence-electron chi connectivity index (χ0n) is 9.61. The maximum absolute atomic E-state index is 12.0. The summed E-state index contributed by atoms with van der Waals surface area (Å²) in [6, 6.07) is 7.87. The number of phenolic OH excluding ortho intramolecular Hbond substituents is 1. The second-order valence-corrected chi connectivity index (χ2v) is 5.77. The van der Waals surface area contributed by atoms with Crippen molar-refractivity contribution in [2.45, 2.75) is 10.8 Å². The molecule has 100 valence electrons. The second kappa shape index (κ2) is 4.77. The molecule has 0 atom stereocenters. The molecule has 0 bridgehead atoms. The maximum Gasteiger partial charge on any atom is 0.371 e. The number of furan rings is 1. The number of hydrogen-bond acceptors (Lipinski definition) is 5. The lowest BCUT2D eigenvalue weighted by Gasteiger charge is -2.01. The van der Waals surface area contributed by atoms with Crippen molar-refractivity contribution in [3.05, 3.63) is 47.7 Å². The van der Waals surface area contributed by atoms with Gasteiger partial charge in [-0.15, -0.1) is 0 Å². The first-order valence-electron chi connectivity index (χ1n) is 5.22. The Kier molecular flexibility index (Phi) is 3.30. The van der Waals surface area contributed by atoms with E-state index in [0.717, 1.165) is 12.1 Å². The van der Waals surface area contributed by atoms with Crippen molar-refractivity contribution in [1.29, 1.82) is 0 Å². The number of carbonyl (C=O) groups is 1. The standard InChI is InChI=1S/C12H10O6S/c13-9-3-1-8(2-4-9)7-19(16,17)11-6-5-10(18-11)12(14)15/h1-6,13H,7H2,(H,14,15). The highest BCUT2D eigenvalue weighted by molar-refractivity contribution is 7.90. The van der Waals surface area contributed by atoms with E-state index in [2.05, 4.69) is 0 Å². The average molecular weight is 282 g/mol. The fourth-order valence-corrected chi connectivity index (χ4v) is 2.75. The minimum absolute atomic E-state index is 0.0345. The SMILES string of the molecule is O=C(O)c1ccc(S(=O)(=O)Cc2ccc(O)cc2)o1. The van der Waals surface area contributed by atoms with Gasteiger partial charge < -0.3 is 14.6 Å². The Labute approximate surface area is 108 Å². The lowest BCUT2D eigenvalue weighted by molar-refractivity contribution is 0.0656. The summed E-state index contributed by atoms with van der Waals surface area (Å²) in [4.78, 5) is 10.6. The molecule has 19 heavy (non-hydrogen) atoms. The molecule has 1 aromatic carbocycles. The Balaban J connectivity index is 2.26. The molecule has 0 aliphatic rings. The van der Waals surface area contributed by atoms with Crippen LogP contribution < -0.4 is 0 Å². The fraction of sp³-hybridized carbons (Fsp3) is 0.0833. The van der Waals surface area contributed by atoms with E-state index in [4.69, 9.17) is 14.6 Å². The van der Waals surface area contributed by atoms with Gasteiger partial charge in [0.2, 0.25) is 20.7 Å². The molecule has 0 aliphatic heterocycles. The molecule has 6 nitrogen and oxygen atoms in total. The first-order chi connectivity index (χ1) is 8.88. The van der Waals surface area contributed by atoms with Crippen LogP contribution in [0.15, 0.2) is 45.9 Å². The van der Waals surface area contributed by atoms with Crippen LogP contribution in [0, 0.1) is 0 Å². The molecule has 2 rings (SSSR count). The summed E-state index contributed by atoms with van der Waals surface area (Å²) in [5.41, 5.74) is 0.464. The molecule has 7 heteroatoms. The van der Waals surface area contributed by atoms with Crippen LogP contribution in [0.5, 0.6) is 5.75 Å². The van der Waals surface area contributed by atoms with Crippen LogP contribution in [-0.2, 0) is 15.6 Å². The highest BCUT2D eigenvalue weighted by Crippen LogP contribution is 2.20. The van der Waals surface area contributed by atoms with Crippen molar-refractivity contribution >= 4 is 15.8 Å². The van der Waals surface area contributed by atoms with E-state index in [0.29, 0.717) is 5.56 Å². The summed E-state index contributed by atoms with van der Waals surface area (Å²) in [6.07, 6.45) is 0. The van der Waals surface area contributed by atoms with Gasteiger partial charge in [0.1, 0.15) is 5.75 Å². The van der Waals surface area contributed by atoms with E-state index in [1.54, 1.807) is 0 Å². The number of carboxylic acid groups (broad SMARTS) is 1. The molecule has 0 saturated heterocycles. The molecule has 1 aromatic heterocycles. The van der Waals surface area contributed by atoms with E-state index in [-0.39, 0.29) is 11.5 Å². The van der Waals surface area contributed by atoms with Crippen LogP contribution in [0.2, 0.25) is 0 Å². The molecule has 0 unspecified atom stereocenters. The minimum atomic E-state index is -3.75. The van der Waals surface area contributed by atoms with Crippen molar-refractivity contribution < 1.29 is 27.8 Å². The Bertz CT molecular complexity index is 696. The van der Waals surface area contributed by atoms with Gasteiger partial charge >= 0.3 is 5.97 Å². The first-order valence-corrected chi connectivity index (χ1v) is 6.87. The Hall–Kier alpha value is -2.28. The lowest BCUT2D eigenvalue weighted by Crippen LogP contribution is -2.04. The van der Waals surface area contributed by atoms with Crippen molar-refractivity contribution in [2.24, 2.45) is 0 Å². The zero-order valence-corrected chi connectivity index (χ0v) is 10.4. The van der Waals surface area contributed by atoms with Gasteiger partial charge in [-0.3, -0.25) is 0 Å². The average Bonchev–Trinajstić information content (AvgIpc) is 2.82. The van der Waals surface area contributed by atoms with E-state index >= 15 is 0 Å². The predicted molar refractivity (Wildman–Crippen MR) is 64.7 cm³/mol. The van der Waals surface area contributed by atoms with E-state index in [9.17, 15) is 13.2 Å². The molecule has 2 aromatic rings. The molecule has 2 N–H and O–H groups in total. The third kappa shape index (κ3) is 2.94. The lowest BCUT2D eigenvalue weighted by atomic mass is 10.2. The number of benzene rings is 1. The summed E-state index contributed by atoms with van der Waals surface area (Å²) in [7, 11) is -3.75. The fourth-order valence-electron chi connectivity index (χ4n) is 1.48. The van der Waals surface area contributed by atoms with Crippen LogP contribution >= 0.6 is 0 Å². The van der Waals surface area contributed by atoms with Gasteiger partial charge in [-0.25, -0.2) is 13.2 Å². The summed E-state index contributed by atoms with van der Waals surface area (Å²) < 4.78 is 28.7. The number of rotatable bonds is 4. The van der Waals surface area contributed by atoms with Gasteiger partial charge in [0.25, 0.3) is 0 Å². The zero-order chi connectivity index (χ0) is 14.0. The number of aromatic carboxylic acids is 1. The maximum atomic E-state index is 12.0. The van der Waals surface area contributed by atoms with E-state index in [1.165, 1.54) is 24.3 Å². The van der Waals surface area contributed by atoms with Crippen LogP contribution in [0.3, 0.4) is 0 Å². The molecular formula is C12H10O6S. The smallest absolute Gasteiger partial charge is 0.371 e. The van der Waals surface area contributed by atoms with Gasteiger partial charge in [0, 0.05) is 0 Å². The van der Waals surface area contributed by atoms with Gasteiger partial charge in [0.05, 0.1) is 5.75 Å². The molecular weight excluding hydrogens is 272 g/mol. The third-order valence-corrected chi connectivity index (χ3v) is 3.94. The molecule has 0 fully saturated rings. The van der Waals surface area contributed by atoms with E-state index in [1.807, 2.05) is 0 Å². The monoisotopic (exact) mass is 282 g/mol. The summed E-state index contributed by atoms with van der Waals surface area (Å²) in [5, 5.41) is 17.4. The highest BCUT2D eigenvalue weighted by Gasteiger charge is 2.21. The predicted octanol–water partition coefficient (Wildman–Crippen LogP) is 1.66. The number of hydrogen-bond donors (Lipinski definition) is 2. The molecule has 0 amide bonds. The Morgan fingerprint density at radius 2 is 1.74 bits per heavy atom. The van der Waals surface area contributed by atoms with Crippen molar-refractivity contribution in [3.63, 3.8) is 0 Å². The number of aromatic hydroxyl groups is 1. The molecule has 1 heterocycles. The van der Waals surface area contributed by atoms with E-state index < -0.39 is 26.7 Å². The molecule has 0 radical (unpaired) electrons. The minimum Gasteiger partial charge on any atom is -0.508 e. The molecule has 0 saturated carbocycles. The quantitative estimate of drug-likeness (QED) is 0.883. The number of sulfone groups is 1. The first kappa shape index (κ1) is 13.2. The van der Waals surface area contributed by atoms with Gasteiger partial charge in [0.15, 0.2) is 0 Å². The number of phenols is 1. The normalized spacial score (nSPS) is 11.4. The summed E-state index contributed by atoms with van der Waals surface area (Å²) >= 11 is 0. The number of carboxylic acids is 1. The Morgan fingerprint density at radius 1 is 1.11 bits per heavy atom. The van der Waals surface area contributed by atoms with Gasteiger partial charge in [-0.1, -0.05) is 12.1 Å². The van der Waals surface area contributed by atoms with Crippen LogP contribution in [0.1, 0.15) is 16.1 Å². The van der Waals surface area contributed by atoms with Crippen molar-refractivity contribution in [2.75, 3.05) is 0 Å². The van der Waals surface area contributed by atoms with Crippen LogP contribution in [0.25, 0.3) is 0 Å². The third-order valence-electron chi connectivity index (χ3n) is 2.39. The van der Waals surface area contributed by atoms with Crippen LogP contribution in [-0.4, -0.2) is 24.6 Å². The van der Waals surface area contributed by atoms with Gasteiger partial charge in [-0.2, -0.15) is 0 Å². The second-order valence-electron chi connectivity index (χ2n) is 3.85. The Morgan fingerprint density at radius 3 is 2.26 bits per heavy atom.